The number of quaternary nitrogens is 3. The van der Waals surface area contributed by atoms with Gasteiger partial charge in [-0.2, -0.15) is 0 Å². The molecule has 1 heterocycles. The maximum absolute atomic E-state index is 14.1. The maximum atomic E-state index is 14.1. The Balaban J connectivity index is 2.44. The van der Waals surface area contributed by atoms with E-state index in [9.17, 15) is 43.2 Å². The number of hydrogen-bond acceptors (Lipinski definition) is 15. The third-order valence-electron chi connectivity index (χ3n) is 13.9. The number of nitrogens with two attached hydrogens (primary N) is 1. The van der Waals surface area contributed by atoms with Crippen molar-refractivity contribution < 1.29 is 66.1 Å². The number of carbonyl (C=O) groups is 9. The summed E-state index contributed by atoms with van der Waals surface area (Å²) >= 11 is 0. The summed E-state index contributed by atoms with van der Waals surface area (Å²) in [5.74, 6) is -2.14. The van der Waals surface area contributed by atoms with Gasteiger partial charge in [-0.3, -0.25) is 43.2 Å². The van der Waals surface area contributed by atoms with E-state index in [0.29, 0.717) is 76.5 Å². The van der Waals surface area contributed by atoms with E-state index in [0.717, 1.165) is 108 Å². The van der Waals surface area contributed by atoms with Crippen molar-refractivity contribution in [1.82, 2.24) is 31.6 Å². The van der Waals surface area contributed by atoms with Crippen LogP contribution < -0.4 is 32.3 Å². The first-order chi connectivity index (χ1) is 39.6. The van der Waals surface area contributed by atoms with Gasteiger partial charge in [0, 0.05) is 76.1 Å². The molecule has 0 unspecified atom stereocenters. The standard InChI is InChI=1S/C61H108N10O11S2/c1-47(72)66-53(44-57(77)63-2)55(75)31-23-35-64-34-17-12-13-21-42-83-84-59-33-32-49(45-65-59)54(74)30-22-26-50(73)27-24-39-81-40-41-82-46-58(78)67-51(28-15-19-37-70(6,7)8)56(76)43-48(25-14-18-36-69(3,4)5)61(80)68-52(60(62)79)29-16-20-38-71(9,10)11/h32-33,45,48,51-53,64H,12-31,34-44,46H2,1-11H3,(H3-3,62,63,66,67,68,72,77,78,79,80)/p+3/t48-,51+,52+,53+/m1/s1. The summed E-state index contributed by atoms with van der Waals surface area (Å²) in [6, 6.07) is 1.19. The van der Waals surface area contributed by atoms with Gasteiger partial charge in [-0.05, 0) is 126 Å². The third-order valence-corrected chi connectivity index (χ3v) is 16.3. The Morgan fingerprint density at radius 1 is 0.571 bits per heavy atom. The van der Waals surface area contributed by atoms with E-state index in [1.807, 2.05) is 6.07 Å². The second-order valence-corrected chi connectivity index (χ2v) is 27.7. The highest BCUT2D eigenvalue weighted by Crippen LogP contribution is 2.30. The van der Waals surface area contributed by atoms with Crippen molar-refractivity contribution in [3.63, 3.8) is 0 Å². The predicted molar refractivity (Wildman–Crippen MR) is 335 cm³/mol. The molecular formula is C61H111N10O11S2+3. The third kappa shape index (κ3) is 42.5. The summed E-state index contributed by atoms with van der Waals surface area (Å²) in [6.45, 7) is 5.98. The normalized spacial score (nSPS) is 13.3. The van der Waals surface area contributed by atoms with E-state index in [-0.39, 0.29) is 86.4 Å². The summed E-state index contributed by atoms with van der Waals surface area (Å²) in [7, 11) is 23.7. The molecule has 84 heavy (non-hydrogen) atoms. The number of aromatic nitrogens is 1. The van der Waals surface area contributed by atoms with Crippen LogP contribution in [0.15, 0.2) is 23.4 Å². The number of amides is 5. The summed E-state index contributed by atoms with van der Waals surface area (Å²) < 4.78 is 13.6. The summed E-state index contributed by atoms with van der Waals surface area (Å²) in [5.41, 5.74) is 6.29. The molecule has 1 aromatic rings. The Kier molecular flexibility index (Phi) is 40.8. The average molecular weight is 1220 g/mol. The zero-order valence-electron chi connectivity index (χ0n) is 53.3. The van der Waals surface area contributed by atoms with Gasteiger partial charge >= 0.3 is 0 Å². The molecule has 1 rings (SSSR count). The molecular weight excluding hydrogens is 1110 g/mol. The topological polar surface area (TPSA) is 271 Å². The van der Waals surface area contributed by atoms with Crippen LogP contribution in [0.25, 0.3) is 0 Å². The lowest BCUT2D eigenvalue weighted by atomic mass is 9.90. The number of ether oxygens (including phenoxy) is 2. The molecule has 0 saturated heterocycles. The van der Waals surface area contributed by atoms with E-state index in [1.54, 1.807) is 33.9 Å². The van der Waals surface area contributed by atoms with Crippen molar-refractivity contribution in [1.29, 1.82) is 0 Å². The largest absolute Gasteiger partial charge is 0.379 e. The monoisotopic (exact) mass is 1220 g/mol. The van der Waals surface area contributed by atoms with Crippen LogP contribution in [0.4, 0.5) is 0 Å². The van der Waals surface area contributed by atoms with Gasteiger partial charge in [0.25, 0.3) is 0 Å². The predicted octanol–water partition coefficient (Wildman–Crippen LogP) is 5.36. The molecule has 0 spiro atoms. The van der Waals surface area contributed by atoms with Crippen molar-refractivity contribution in [2.24, 2.45) is 11.7 Å². The molecule has 0 saturated carbocycles. The van der Waals surface area contributed by atoms with Crippen LogP contribution in [0, 0.1) is 5.92 Å². The minimum atomic E-state index is -0.840. The van der Waals surface area contributed by atoms with Crippen molar-refractivity contribution in [2.75, 3.05) is 135 Å². The molecule has 1 aromatic heterocycles. The molecule has 7 N–H and O–H groups in total. The first-order valence-electron chi connectivity index (χ1n) is 30.6. The van der Waals surface area contributed by atoms with Gasteiger partial charge in [-0.1, -0.05) is 23.6 Å². The van der Waals surface area contributed by atoms with Crippen LogP contribution in [0.1, 0.15) is 159 Å². The van der Waals surface area contributed by atoms with Crippen LogP contribution >= 0.6 is 21.6 Å². The van der Waals surface area contributed by atoms with E-state index < -0.39 is 35.9 Å². The van der Waals surface area contributed by atoms with Crippen LogP contribution in [0.2, 0.25) is 0 Å². The van der Waals surface area contributed by atoms with Gasteiger partial charge in [-0.25, -0.2) is 4.98 Å². The lowest BCUT2D eigenvalue weighted by Crippen LogP contribution is -2.48. The fourth-order valence-electron chi connectivity index (χ4n) is 9.08. The maximum Gasteiger partial charge on any atom is 0.246 e. The van der Waals surface area contributed by atoms with Crippen molar-refractivity contribution >= 4 is 74.3 Å². The van der Waals surface area contributed by atoms with E-state index in [1.165, 1.54) is 14.0 Å². The molecule has 480 valence electrons. The summed E-state index contributed by atoms with van der Waals surface area (Å²) in [5, 5.41) is 15.0. The molecule has 21 nitrogen and oxygen atoms in total. The van der Waals surface area contributed by atoms with Crippen LogP contribution in [0.3, 0.4) is 0 Å². The zero-order valence-corrected chi connectivity index (χ0v) is 55.0. The number of unbranched alkanes of at least 4 members (excludes halogenated alkanes) is 6. The molecule has 23 heteroatoms. The summed E-state index contributed by atoms with van der Waals surface area (Å²) in [6.07, 6.45) is 14.5. The summed E-state index contributed by atoms with van der Waals surface area (Å²) in [4.78, 5) is 119. The minimum Gasteiger partial charge on any atom is -0.379 e. The number of Topliss-reactive ketones (excluding diaryl/α,β-unsaturated/α-hetero) is 4. The van der Waals surface area contributed by atoms with Gasteiger partial charge in [0.05, 0.1) is 115 Å². The average Bonchev–Trinajstić information content (AvgIpc) is 3.56. The van der Waals surface area contributed by atoms with Crippen LogP contribution in [-0.2, 0) is 47.8 Å². The minimum absolute atomic E-state index is 0.0515. The highest BCUT2D eigenvalue weighted by atomic mass is 33.1. The Labute approximate surface area is 511 Å². The van der Waals surface area contributed by atoms with E-state index >= 15 is 0 Å². The van der Waals surface area contributed by atoms with Crippen LogP contribution in [0.5, 0.6) is 0 Å². The zero-order chi connectivity index (χ0) is 63.0. The number of nitrogens with zero attached hydrogens (tertiary/aromatic N) is 4. The Morgan fingerprint density at radius 3 is 1.76 bits per heavy atom. The lowest BCUT2D eigenvalue weighted by Gasteiger charge is -2.26. The number of primary amides is 1. The number of ketones is 4. The van der Waals surface area contributed by atoms with Crippen molar-refractivity contribution in [2.45, 2.75) is 171 Å². The molecule has 0 aliphatic carbocycles. The van der Waals surface area contributed by atoms with Gasteiger partial charge in [0.15, 0.2) is 17.3 Å². The SMILES string of the molecule is CNC(=O)C[C@H](NC(C)=O)C(=O)CCCNCCCCCCSSc1ccc(C(=O)CCCC(=O)CCCOCCOCC(=O)N[C@@H](CCCC[N+](C)(C)C)C(=O)C[C@@H](CCCC[N+](C)(C)C)C(=O)N[C@@H](CCCC[N+](C)(C)C)C(N)=O)cn1. The van der Waals surface area contributed by atoms with Gasteiger partial charge in [-0.15, -0.1) is 0 Å². The Hall–Kier alpha value is -4.36. The molecule has 0 bridgehead atoms. The number of rotatable bonds is 53. The Bertz CT molecular complexity index is 2120. The fourth-order valence-corrected chi connectivity index (χ4v) is 11.1. The molecule has 0 fully saturated rings. The fraction of sp³-hybridized carbons (Fsp3) is 0.770. The molecule has 5 amide bonds. The number of pyridine rings is 1. The second-order valence-electron chi connectivity index (χ2n) is 25.2. The first kappa shape index (κ1) is 77.7. The highest BCUT2D eigenvalue weighted by Gasteiger charge is 2.30. The molecule has 4 atom stereocenters. The number of nitrogens with one attached hydrogen (secondary N) is 5. The van der Waals surface area contributed by atoms with Gasteiger partial charge in [0.1, 0.15) is 23.5 Å². The first-order valence-corrected chi connectivity index (χ1v) is 32.9. The second kappa shape index (κ2) is 44.1. The Morgan fingerprint density at radius 2 is 1.17 bits per heavy atom. The lowest BCUT2D eigenvalue weighted by molar-refractivity contribution is -0.870. The highest BCUT2D eigenvalue weighted by molar-refractivity contribution is 8.76. The molecule has 0 aromatic carbocycles. The van der Waals surface area contributed by atoms with Crippen molar-refractivity contribution in [3.05, 3.63) is 23.9 Å². The smallest absolute Gasteiger partial charge is 0.246 e. The van der Waals surface area contributed by atoms with Gasteiger partial charge in [0.2, 0.25) is 29.5 Å². The van der Waals surface area contributed by atoms with Crippen molar-refractivity contribution in [3.8, 4) is 0 Å². The molecule has 0 aliphatic heterocycles. The van der Waals surface area contributed by atoms with Gasteiger partial charge < -0.3 is 55.2 Å². The molecule has 0 aliphatic rings. The van der Waals surface area contributed by atoms with E-state index in [2.05, 4.69) is 95.0 Å². The quantitative estimate of drug-likeness (QED) is 0.0208. The van der Waals surface area contributed by atoms with Crippen LogP contribution in [-0.4, -0.2) is 225 Å². The number of carbonyl (C=O) groups excluding carboxylic acids is 9. The molecule has 0 radical (unpaired) electrons. The van der Waals surface area contributed by atoms with E-state index in [4.69, 9.17) is 15.2 Å². The number of hydrogen-bond donors (Lipinski definition) is 6.